The summed E-state index contributed by atoms with van der Waals surface area (Å²) in [4.78, 5) is 12.6. The van der Waals surface area contributed by atoms with Crippen molar-refractivity contribution in [2.75, 3.05) is 6.54 Å². The van der Waals surface area contributed by atoms with Gasteiger partial charge in [-0.3, -0.25) is 4.79 Å². The van der Waals surface area contributed by atoms with Crippen molar-refractivity contribution in [3.8, 4) is 0 Å². The molecule has 3 aliphatic rings. The maximum atomic E-state index is 12.6. The lowest BCUT2D eigenvalue weighted by Crippen LogP contribution is -2.39. The summed E-state index contributed by atoms with van der Waals surface area (Å²) in [5, 5.41) is 8.28. The Hall–Kier alpha value is -2.96. The monoisotopic (exact) mass is 446 g/mol. The zero-order chi connectivity index (χ0) is 22.3. The van der Waals surface area contributed by atoms with Crippen LogP contribution < -0.4 is 10.5 Å². The molecule has 0 aromatic heterocycles. The highest BCUT2D eigenvalue weighted by Gasteiger charge is 2.42. The summed E-state index contributed by atoms with van der Waals surface area (Å²) >= 11 is 0. The van der Waals surface area contributed by atoms with E-state index in [1.807, 2.05) is 0 Å². The molecule has 0 heterocycles. The molecule has 3 aliphatic carbocycles. The molecular weight excluding hydrogens is 420 g/mol. The summed E-state index contributed by atoms with van der Waals surface area (Å²) in [6.07, 6.45) is 1.97. The Morgan fingerprint density at radius 3 is 2.00 bits per heavy atom. The number of sulfonamides is 1. The maximum absolute atomic E-state index is 12.6. The maximum Gasteiger partial charge on any atom is 0.238 e. The minimum Gasteiger partial charge on any atom is -0.356 e. The first kappa shape index (κ1) is 20.9. The van der Waals surface area contributed by atoms with Crippen molar-refractivity contribution in [1.29, 1.82) is 0 Å². The van der Waals surface area contributed by atoms with E-state index in [1.54, 1.807) is 12.1 Å². The number of nitrogens with one attached hydrogen (secondary N) is 1. The molecule has 3 N–H and O–H groups in total. The van der Waals surface area contributed by atoms with Gasteiger partial charge in [0.15, 0.2) is 0 Å². The van der Waals surface area contributed by atoms with Crippen molar-refractivity contribution in [2.24, 2.45) is 11.1 Å². The largest absolute Gasteiger partial charge is 0.356 e. The second-order valence-corrected chi connectivity index (χ2v) is 10.3. The van der Waals surface area contributed by atoms with Gasteiger partial charge in [0.2, 0.25) is 15.9 Å². The van der Waals surface area contributed by atoms with Crippen LogP contribution in [0.1, 0.15) is 52.5 Å². The quantitative estimate of drug-likeness (QED) is 0.605. The van der Waals surface area contributed by atoms with Crippen LogP contribution in [0.15, 0.2) is 77.7 Å². The molecule has 0 radical (unpaired) electrons. The highest BCUT2D eigenvalue weighted by molar-refractivity contribution is 7.89. The number of aryl methyl sites for hydroxylation is 1. The second-order valence-electron chi connectivity index (χ2n) is 8.78. The van der Waals surface area contributed by atoms with Crippen molar-refractivity contribution in [2.45, 2.75) is 36.0 Å². The highest BCUT2D eigenvalue weighted by atomic mass is 32.2. The lowest BCUT2D eigenvalue weighted by molar-refractivity contribution is -0.121. The van der Waals surface area contributed by atoms with Crippen LogP contribution >= 0.6 is 0 Å². The average Bonchev–Trinajstić information content (AvgIpc) is 2.81. The third-order valence-corrected chi connectivity index (χ3v) is 7.81. The molecular formula is C26H26N2O3S. The van der Waals surface area contributed by atoms with Crippen LogP contribution in [0.4, 0.5) is 0 Å². The van der Waals surface area contributed by atoms with Gasteiger partial charge in [-0.2, -0.15) is 0 Å². The van der Waals surface area contributed by atoms with Gasteiger partial charge in [0.05, 0.1) is 4.90 Å². The first-order valence-corrected chi connectivity index (χ1v) is 12.5. The number of hydrogen-bond donors (Lipinski definition) is 2. The molecule has 2 bridgehead atoms. The molecule has 5 nitrogen and oxygen atoms in total. The molecule has 0 spiro atoms. The molecule has 32 heavy (non-hydrogen) atoms. The van der Waals surface area contributed by atoms with Crippen LogP contribution in [0.2, 0.25) is 0 Å². The SMILES string of the molecule is NS(=O)(=O)c1ccc(CCC(=O)NCC2CC3c4ccccc4C2c2ccccc23)cc1. The van der Waals surface area contributed by atoms with Crippen molar-refractivity contribution in [3.05, 3.63) is 101 Å². The molecule has 3 aromatic carbocycles. The molecule has 0 saturated heterocycles. The predicted octanol–water partition coefficient (Wildman–Crippen LogP) is 3.68. The van der Waals surface area contributed by atoms with Crippen LogP contribution in [0.25, 0.3) is 0 Å². The number of hydrogen-bond acceptors (Lipinski definition) is 3. The summed E-state index contributed by atoms with van der Waals surface area (Å²) in [6.45, 7) is 0.660. The number of carbonyl (C=O) groups is 1. The molecule has 0 saturated carbocycles. The van der Waals surface area contributed by atoms with E-state index < -0.39 is 10.0 Å². The van der Waals surface area contributed by atoms with Crippen LogP contribution in [0.3, 0.4) is 0 Å². The van der Waals surface area contributed by atoms with Crippen LogP contribution in [-0.4, -0.2) is 20.9 Å². The lowest BCUT2D eigenvalue weighted by Gasteiger charge is -2.45. The van der Waals surface area contributed by atoms with Crippen LogP contribution in [-0.2, 0) is 21.2 Å². The smallest absolute Gasteiger partial charge is 0.238 e. The topological polar surface area (TPSA) is 89.3 Å². The molecule has 0 fully saturated rings. The Morgan fingerprint density at radius 1 is 0.875 bits per heavy atom. The standard InChI is InChI=1S/C26H26N2O3S/c27-32(30,31)19-12-9-17(10-13-19)11-14-25(29)28-16-18-15-24-20-5-1-3-7-22(20)26(18)23-8-4-2-6-21(23)24/h1-10,12-13,18,24,26H,11,14-16H2,(H,28,29)(H2,27,30,31). The minimum atomic E-state index is -3.70. The van der Waals surface area contributed by atoms with E-state index in [9.17, 15) is 13.2 Å². The van der Waals surface area contributed by atoms with Crippen LogP contribution in [0.5, 0.6) is 0 Å². The van der Waals surface area contributed by atoms with Gasteiger partial charge in [-0.1, -0.05) is 60.7 Å². The van der Waals surface area contributed by atoms with Crippen molar-refractivity contribution >= 4 is 15.9 Å². The number of primary sulfonamides is 1. The molecule has 0 aliphatic heterocycles. The Morgan fingerprint density at radius 2 is 1.44 bits per heavy atom. The van der Waals surface area contributed by atoms with E-state index in [2.05, 4.69) is 53.8 Å². The van der Waals surface area contributed by atoms with Crippen LogP contribution in [0, 0.1) is 5.92 Å². The van der Waals surface area contributed by atoms with Crippen molar-refractivity contribution < 1.29 is 13.2 Å². The number of fused-ring (bicyclic) bond motifs is 1. The summed E-state index contributed by atoms with van der Waals surface area (Å²) in [7, 11) is -3.70. The second kappa shape index (κ2) is 8.19. The van der Waals surface area contributed by atoms with E-state index >= 15 is 0 Å². The average molecular weight is 447 g/mol. The van der Waals surface area contributed by atoms with Crippen molar-refractivity contribution in [3.63, 3.8) is 0 Å². The van der Waals surface area contributed by atoms with E-state index in [-0.39, 0.29) is 10.8 Å². The molecule has 1 amide bonds. The predicted molar refractivity (Wildman–Crippen MR) is 124 cm³/mol. The number of rotatable bonds is 6. The van der Waals surface area contributed by atoms with Gasteiger partial charge in [0, 0.05) is 24.8 Å². The fraction of sp³-hybridized carbons (Fsp3) is 0.269. The van der Waals surface area contributed by atoms with Gasteiger partial charge in [-0.15, -0.1) is 0 Å². The van der Waals surface area contributed by atoms with Gasteiger partial charge >= 0.3 is 0 Å². The Kier molecular flexibility index (Phi) is 5.35. The summed E-state index contributed by atoms with van der Waals surface area (Å²) in [5.41, 5.74) is 6.57. The van der Waals surface area contributed by atoms with Gasteiger partial charge in [0.1, 0.15) is 0 Å². The van der Waals surface area contributed by atoms with E-state index in [0.29, 0.717) is 37.1 Å². The molecule has 164 valence electrons. The molecule has 3 aromatic rings. The highest BCUT2D eigenvalue weighted by Crippen LogP contribution is 2.55. The zero-order valence-corrected chi connectivity index (χ0v) is 18.5. The number of carbonyl (C=O) groups excluding carboxylic acids is 1. The third kappa shape index (κ3) is 3.85. The summed E-state index contributed by atoms with van der Waals surface area (Å²) in [6, 6.07) is 23.8. The number of nitrogens with two attached hydrogens (primary N) is 1. The van der Waals surface area contributed by atoms with Gasteiger partial charge < -0.3 is 5.32 Å². The number of amides is 1. The molecule has 6 rings (SSSR count). The molecule has 6 heteroatoms. The van der Waals surface area contributed by atoms with E-state index in [4.69, 9.17) is 5.14 Å². The molecule has 1 atom stereocenters. The fourth-order valence-corrected chi connectivity index (χ4v) is 5.91. The lowest BCUT2D eigenvalue weighted by atomic mass is 9.59. The van der Waals surface area contributed by atoms with Gasteiger partial charge in [-0.05, 0) is 58.7 Å². The Labute approximate surface area is 188 Å². The Balaban J connectivity index is 1.24. The third-order valence-electron chi connectivity index (χ3n) is 6.88. The van der Waals surface area contributed by atoms with E-state index in [1.165, 1.54) is 34.4 Å². The summed E-state index contributed by atoms with van der Waals surface area (Å²) in [5.74, 6) is 1.11. The van der Waals surface area contributed by atoms with E-state index in [0.717, 1.165) is 12.0 Å². The summed E-state index contributed by atoms with van der Waals surface area (Å²) < 4.78 is 22.7. The van der Waals surface area contributed by atoms with Gasteiger partial charge in [0.25, 0.3) is 0 Å². The number of benzene rings is 3. The fourth-order valence-electron chi connectivity index (χ4n) is 5.40. The Bertz CT molecular complexity index is 1220. The molecule has 1 unspecified atom stereocenters. The first-order chi connectivity index (χ1) is 15.4. The van der Waals surface area contributed by atoms with Gasteiger partial charge in [-0.25, -0.2) is 13.6 Å². The first-order valence-electron chi connectivity index (χ1n) is 11.0. The normalized spacial score (nSPS) is 21.0. The zero-order valence-electron chi connectivity index (χ0n) is 17.7. The minimum absolute atomic E-state index is 0.0172. The van der Waals surface area contributed by atoms with Crippen molar-refractivity contribution in [1.82, 2.24) is 5.32 Å².